The Bertz CT molecular complexity index is 377. The van der Waals surface area contributed by atoms with Gasteiger partial charge in [-0.2, -0.15) is 5.26 Å². The zero-order valence-corrected chi connectivity index (χ0v) is 11.6. The van der Waals surface area contributed by atoms with Gasteiger partial charge in [0.1, 0.15) is 0 Å². The molecule has 1 aliphatic carbocycles. The number of halogens is 1. The van der Waals surface area contributed by atoms with Crippen LogP contribution < -0.4 is 0 Å². The van der Waals surface area contributed by atoms with E-state index < -0.39 is 0 Å². The summed E-state index contributed by atoms with van der Waals surface area (Å²) in [4.78, 5) is 3.67. The molecule has 1 aromatic rings. The maximum absolute atomic E-state index is 8.88. The average Bonchev–Trinajstić information content (AvgIpc) is 2.88. The Kier molecular flexibility index (Phi) is 4.39. The minimum atomic E-state index is 0.556. The van der Waals surface area contributed by atoms with Crippen LogP contribution in [0.5, 0.6) is 0 Å². The van der Waals surface area contributed by atoms with Crippen LogP contribution in [0.1, 0.15) is 30.6 Å². The molecule has 0 N–H and O–H groups in total. The van der Waals surface area contributed by atoms with Crippen molar-refractivity contribution in [3.05, 3.63) is 20.8 Å². The summed E-state index contributed by atoms with van der Waals surface area (Å²) >= 11 is 5.25. The second-order valence-corrected chi connectivity index (χ2v) is 6.75. The van der Waals surface area contributed by atoms with Gasteiger partial charge in [-0.3, -0.25) is 4.90 Å². The van der Waals surface area contributed by atoms with Gasteiger partial charge in [-0.05, 0) is 40.9 Å². The molecule has 0 saturated heterocycles. The molecule has 0 aliphatic heterocycles. The minimum Gasteiger partial charge on any atom is -0.282 e. The maximum atomic E-state index is 8.88. The molecule has 0 bridgehead atoms. The highest BCUT2D eigenvalue weighted by Crippen LogP contribution is 2.28. The fourth-order valence-electron chi connectivity index (χ4n) is 2.31. The van der Waals surface area contributed by atoms with E-state index >= 15 is 0 Å². The van der Waals surface area contributed by atoms with Crippen molar-refractivity contribution in [2.24, 2.45) is 0 Å². The van der Waals surface area contributed by atoms with Gasteiger partial charge in [-0.25, -0.2) is 0 Å². The molecule has 0 radical (unpaired) electrons. The third-order valence-electron chi connectivity index (χ3n) is 3.10. The Labute approximate surface area is 109 Å². The van der Waals surface area contributed by atoms with E-state index in [9.17, 15) is 0 Å². The van der Waals surface area contributed by atoms with E-state index in [4.69, 9.17) is 5.26 Å². The number of rotatable bonds is 4. The molecule has 1 aromatic heterocycles. The van der Waals surface area contributed by atoms with E-state index in [2.05, 4.69) is 39.0 Å². The van der Waals surface area contributed by atoms with Crippen LogP contribution in [-0.2, 0) is 6.54 Å². The Morgan fingerprint density at radius 3 is 2.75 bits per heavy atom. The van der Waals surface area contributed by atoms with Crippen molar-refractivity contribution in [2.75, 3.05) is 6.54 Å². The van der Waals surface area contributed by atoms with Crippen molar-refractivity contribution in [3.63, 3.8) is 0 Å². The zero-order valence-electron chi connectivity index (χ0n) is 9.16. The molecule has 0 aromatic carbocycles. The van der Waals surface area contributed by atoms with E-state index in [1.54, 1.807) is 11.3 Å². The molecule has 0 spiro atoms. The summed E-state index contributed by atoms with van der Waals surface area (Å²) in [6.07, 6.45) is 5.16. The highest BCUT2D eigenvalue weighted by atomic mass is 79.9. The maximum Gasteiger partial charge on any atom is 0.0871 e. The molecule has 2 rings (SSSR count). The first-order valence-corrected chi connectivity index (χ1v) is 7.26. The van der Waals surface area contributed by atoms with Crippen LogP contribution in [0.25, 0.3) is 0 Å². The van der Waals surface area contributed by atoms with Crippen molar-refractivity contribution in [1.82, 2.24) is 4.90 Å². The van der Waals surface area contributed by atoms with Crippen molar-refractivity contribution < 1.29 is 0 Å². The van der Waals surface area contributed by atoms with Gasteiger partial charge in [-0.15, -0.1) is 11.3 Å². The van der Waals surface area contributed by atoms with Gasteiger partial charge in [0.05, 0.1) is 16.4 Å². The van der Waals surface area contributed by atoms with Crippen LogP contribution >= 0.6 is 27.3 Å². The lowest BCUT2D eigenvalue weighted by Crippen LogP contribution is -2.32. The van der Waals surface area contributed by atoms with E-state index in [1.165, 1.54) is 34.3 Å². The molecule has 0 unspecified atom stereocenters. The Morgan fingerprint density at radius 1 is 1.44 bits per heavy atom. The summed E-state index contributed by atoms with van der Waals surface area (Å²) in [6.45, 7) is 1.48. The predicted octanol–water partition coefficient (Wildman–Crippen LogP) is 3.78. The number of nitrogens with zero attached hydrogens (tertiary/aromatic N) is 2. The lowest BCUT2D eigenvalue weighted by atomic mass is 10.2. The van der Waals surface area contributed by atoms with E-state index in [0.29, 0.717) is 12.6 Å². The van der Waals surface area contributed by atoms with Crippen molar-refractivity contribution in [1.29, 1.82) is 5.26 Å². The highest BCUT2D eigenvalue weighted by Gasteiger charge is 2.22. The minimum absolute atomic E-state index is 0.556. The van der Waals surface area contributed by atoms with Gasteiger partial charge >= 0.3 is 0 Å². The molecular formula is C12H15BrN2S. The van der Waals surface area contributed by atoms with E-state index in [0.717, 1.165) is 6.54 Å². The van der Waals surface area contributed by atoms with Crippen LogP contribution in [0.4, 0.5) is 0 Å². The lowest BCUT2D eigenvalue weighted by molar-refractivity contribution is 0.216. The predicted molar refractivity (Wildman–Crippen MR) is 70.3 cm³/mol. The van der Waals surface area contributed by atoms with Crippen LogP contribution in [0, 0.1) is 11.3 Å². The first-order chi connectivity index (χ1) is 7.79. The van der Waals surface area contributed by atoms with Crippen LogP contribution in [0.2, 0.25) is 0 Å². The van der Waals surface area contributed by atoms with Crippen molar-refractivity contribution in [2.45, 2.75) is 38.3 Å². The number of thiophene rings is 1. The Hall–Kier alpha value is -0.370. The molecule has 4 heteroatoms. The highest BCUT2D eigenvalue weighted by molar-refractivity contribution is 9.11. The standard InChI is InChI=1S/C12H15BrN2S/c13-12-6-5-11(16-12)9-15(8-7-14)10-3-1-2-4-10/h5-6,10H,1-4,8-9H2. The molecule has 0 atom stereocenters. The lowest BCUT2D eigenvalue weighted by Gasteiger charge is -2.25. The number of hydrogen-bond donors (Lipinski definition) is 0. The van der Waals surface area contributed by atoms with Crippen LogP contribution in [-0.4, -0.2) is 17.5 Å². The fourth-order valence-corrected chi connectivity index (χ4v) is 3.82. The summed E-state index contributed by atoms with van der Waals surface area (Å²) in [7, 11) is 0. The first-order valence-electron chi connectivity index (χ1n) is 5.65. The van der Waals surface area contributed by atoms with Crippen LogP contribution in [0.15, 0.2) is 15.9 Å². The van der Waals surface area contributed by atoms with Gasteiger partial charge in [0.2, 0.25) is 0 Å². The average molecular weight is 299 g/mol. The van der Waals surface area contributed by atoms with Gasteiger partial charge in [0.25, 0.3) is 0 Å². The molecule has 16 heavy (non-hydrogen) atoms. The third kappa shape index (κ3) is 3.07. The summed E-state index contributed by atoms with van der Waals surface area (Å²) in [5, 5.41) is 8.88. The van der Waals surface area contributed by atoms with E-state index in [-0.39, 0.29) is 0 Å². The molecule has 1 saturated carbocycles. The summed E-state index contributed by atoms with van der Waals surface area (Å²) < 4.78 is 1.17. The summed E-state index contributed by atoms with van der Waals surface area (Å²) in [5.41, 5.74) is 0. The normalized spacial score (nSPS) is 16.8. The van der Waals surface area contributed by atoms with Crippen molar-refractivity contribution >= 4 is 27.3 Å². The van der Waals surface area contributed by atoms with Gasteiger partial charge in [0.15, 0.2) is 0 Å². The van der Waals surface area contributed by atoms with Crippen LogP contribution in [0.3, 0.4) is 0 Å². The first kappa shape index (κ1) is 12.1. The molecule has 1 heterocycles. The summed E-state index contributed by atoms with van der Waals surface area (Å²) in [5.74, 6) is 0. The number of hydrogen-bond acceptors (Lipinski definition) is 3. The second-order valence-electron chi connectivity index (χ2n) is 4.21. The van der Waals surface area contributed by atoms with Gasteiger partial charge < -0.3 is 0 Å². The Balaban J connectivity index is 1.99. The molecule has 86 valence electrons. The van der Waals surface area contributed by atoms with E-state index in [1.807, 2.05) is 0 Å². The van der Waals surface area contributed by atoms with Gasteiger partial charge in [-0.1, -0.05) is 12.8 Å². The third-order valence-corrected chi connectivity index (χ3v) is 4.71. The monoisotopic (exact) mass is 298 g/mol. The van der Waals surface area contributed by atoms with Gasteiger partial charge in [0, 0.05) is 17.5 Å². The Morgan fingerprint density at radius 2 is 2.19 bits per heavy atom. The van der Waals surface area contributed by atoms with Crippen molar-refractivity contribution in [3.8, 4) is 6.07 Å². The SMILES string of the molecule is N#CCN(Cc1ccc(Br)s1)C1CCCC1. The molecular weight excluding hydrogens is 284 g/mol. The quantitative estimate of drug-likeness (QED) is 0.791. The number of nitriles is 1. The zero-order chi connectivity index (χ0) is 11.4. The largest absolute Gasteiger partial charge is 0.282 e. The smallest absolute Gasteiger partial charge is 0.0871 e. The second kappa shape index (κ2) is 5.81. The fraction of sp³-hybridized carbons (Fsp3) is 0.583. The topological polar surface area (TPSA) is 27.0 Å². The molecule has 1 fully saturated rings. The molecule has 1 aliphatic rings. The molecule has 0 amide bonds. The molecule has 2 nitrogen and oxygen atoms in total. The summed E-state index contributed by atoms with van der Waals surface area (Å²) in [6, 6.07) is 7.15.